The highest BCUT2D eigenvalue weighted by atomic mass is 79.9. The maximum Gasteiger partial charge on any atom is 0.254 e. The average molecular weight is 340 g/mol. The van der Waals surface area contributed by atoms with Crippen LogP contribution in [-0.4, -0.2) is 17.4 Å². The van der Waals surface area contributed by atoms with Crippen LogP contribution in [-0.2, 0) is 6.42 Å². The Bertz CT molecular complexity index is 572. The van der Waals surface area contributed by atoms with Gasteiger partial charge in [-0.25, -0.2) is 4.98 Å². The molecule has 0 saturated heterocycles. The van der Waals surface area contributed by atoms with Crippen molar-refractivity contribution >= 4 is 33.4 Å². The van der Waals surface area contributed by atoms with Crippen molar-refractivity contribution < 1.29 is 4.79 Å². The van der Waals surface area contributed by atoms with Crippen LogP contribution in [0.3, 0.4) is 0 Å². The smallest absolute Gasteiger partial charge is 0.254 e. The topological polar surface area (TPSA) is 42.0 Å². The van der Waals surface area contributed by atoms with E-state index in [0.29, 0.717) is 21.7 Å². The quantitative estimate of drug-likeness (QED) is 0.867. The highest BCUT2D eigenvalue weighted by molar-refractivity contribution is 9.10. The molecule has 0 aliphatic rings. The second-order valence-electron chi connectivity index (χ2n) is 3.97. The van der Waals surface area contributed by atoms with Crippen molar-refractivity contribution in [1.82, 2.24) is 10.3 Å². The molecule has 5 heteroatoms. The van der Waals surface area contributed by atoms with Crippen molar-refractivity contribution in [1.29, 1.82) is 0 Å². The molecule has 1 aromatic carbocycles. The van der Waals surface area contributed by atoms with Gasteiger partial charge in [0.1, 0.15) is 4.60 Å². The van der Waals surface area contributed by atoms with Gasteiger partial charge in [0, 0.05) is 17.8 Å². The van der Waals surface area contributed by atoms with Crippen molar-refractivity contribution in [2.24, 2.45) is 0 Å². The van der Waals surface area contributed by atoms with E-state index >= 15 is 0 Å². The van der Waals surface area contributed by atoms with Crippen LogP contribution in [0.15, 0.2) is 47.2 Å². The van der Waals surface area contributed by atoms with E-state index < -0.39 is 0 Å². The molecule has 2 rings (SSSR count). The van der Waals surface area contributed by atoms with E-state index in [0.717, 1.165) is 12.0 Å². The standard InChI is InChI=1S/C14H12BrClN2O/c15-13-12(2-1-8-17-13)14(19)18-9-7-10-3-5-11(16)6-4-10/h1-6,8H,7,9H2,(H,18,19). The van der Waals surface area contributed by atoms with Crippen molar-refractivity contribution in [3.63, 3.8) is 0 Å². The normalized spacial score (nSPS) is 10.2. The number of rotatable bonds is 4. The largest absolute Gasteiger partial charge is 0.352 e. The molecule has 0 aliphatic carbocycles. The highest BCUT2D eigenvalue weighted by Gasteiger charge is 2.09. The van der Waals surface area contributed by atoms with E-state index in [1.54, 1.807) is 18.3 Å². The Labute approximate surface area is 125 Å². The van der Waals surface area contributed by atoms with Crippen LogP contribution < -0.4 is 5.32 Å². The summed E-state index contributed by atoms with van der Waals surface area (Å²) >= 11 is 9.07. The molecule has 19 heavy (non-hydrogen) atoms. The summed E-state index contributed by atoms with van der Waals surface area (Å²) in [6.07, 6.45) is 2.40. The molecule has 3 nitrogen and oxygen atoms in total. The Kier molecular flexibility index (Phi) is 4.93. The van der Waals surface area contributed by atoms with Crippen LogP contribution in [0.4, 0.5) is 0 Å². The molecule has 0 unspecified atom stereocenters. The van der Waals surface area contributed by atoms with Crippen molar-refractivity contribution in [3.05, 3.63) is 63.3 Å². The molecular formula is C14H12BrClN2O. The Morgan fingerprint density at radius 3 is 2.68 bits per heavy atom. The molecule has 0 saturated carbocycles. The van der Waals surface area contributed by atoms with E-state index in [4.69, 9.17) is 11.6 Å². The number of amides is 1. The zero-order valence-corrected chi connectivity index (χ0v) is 12.4. The molecule has 1 aromatic heterocycles. The number of hydrogen-bond donors (Lipinski definition) is 1. The van der Waals surface area contributed by atoms with Gasteiger partial charge in [-0.05, 0) is 52.2 Å². The van der Waals surface area contributed by atoms with Crippen LogP contribution in [0.1, 0.15) is 15.9 Å². The molecule has 0 spiro atoms. The van der Waals surface area contributed by atoms with E-state index in [1.165, 1.54) is 0 Å². The van der Waals surface area contributed by atoms with Gasteiger partial charge in [-0.3, -0.25) is 4.79 Å². The number of benzene rings is 1. The lowest BCUT2D eigenvalue weighted by Gasteiger charge is -2.06. The summed E-state index contributed by atoms with van der Waals surface area (Å²) in [5.74, 6) is -0.131. The monoisotopic (exact) mass is 338 g/mol. The first-order valence-electron chi connectivity index (χ1n) is 5.80. The van der Waals surface area contributed by atoms with Crippen LogP contribution in [0.2, 0.25) is 5.02 Å². The van der Waals surface area contributed by atoms with Gasteiger partial charge in [-0.2, -0.15) is 0 Å². The number of hydrogen-bond acceptors (Lipinski definition) is 2. The minimum absolute atomic E-state index is 0.131. The third kappa shape index (κ3) is 4.04. The third-order valence-corrected chi connectivity index (χ3v) is 3.50. The maximum absolute atomic E-state index is 11.9. The molecule has 98 valence electrons. The lowest BCUT2D eigenvalue weighted by molar-refractivity contribution is 0.0953. The van der Waals surface area contributed by atoms with Gasteiger partial charge in [0.25, 0.3) is 5.91 Å². The number of aromatic nitrogens is 1. The number of pyridine rings is 1. The molecule has 2 aromatic rings. The van der Waals surface area contributed by atoms with Gasteiger partial charge in [0.05, 0.1) is 5.56 Å². The number of carbonyl (C=O) groups excluding carboxylic acids is 1. The maximum atomic E-state index is 11.9. The van der Waals surface area contributed by atoms with E-state index in [1.807, 2.05) is 24.3 Å². The Morgan fingerprint density at radius 1 is 1.26 bits per heavy atom. The number of nitrogens with zero attached hydrogens (tertiary/aromatic N) is 1. The van der Waals surface area contributed by atoms with Crippen molar-refractivity contribution in [2.75, 3.05) is 6.54 Å². The minimum Gasteiger partial charge on any atom is -0.352 e. The lowest BCUT2D eigenvalue weighted by atomic mass is 10.1. The Morgan fingerprint density at radius 2 is 2.00 bits per heavy atom. The molecule has 0 atom stereocenters. The van der Waals surface area contributed by atoms with E-state index in [2.05, 4.69) is 26.2 Å². The van der Waals surface area contributed by atoms with Gasteiger partial charge in [-0.1, -0.05) is 23.7 Å². The number of nitrogens with one attached hydrogen (secondary N) is 1. The number of halogens is 2. The van der Waals surface area contributed by atoms with Crippen LogP contribution in [0, 0.1) is 0 Å². The van der Waals surface area contributed by atoms with Gasteiger partial charge >= 0.3 is 0 Å². The summed E-state index contributed by atoms with van der Waals surface area (Å²) < 4.78 is 0.555. The second kappa shape index (κ2) is 6.68. The number of carbonyl (C=O) groups is 1. The zero-order chi connectivity index (χ0) is 13.7. The third-order valence-electron chi connectivity index (χ3n) is 2.62. The van der Waals surface area contributed by atoms with Crippen molar-refractivity contribution in [2.45, 2.75) is 6.42 Å². The average Bonchev–Trinajstić information content (AvgIpc) is 2.41. The van der Waals surface area contributed by atoms with Gasteiger partial charge in [0.2, 0.25) is 0 Å². The molecular weight excluding hydrogens is 328 g/mol. The summed E-state index contributed by atoms with van der Waals surface area (Å²) in [5.41, 5.74) is 1.67. The zero-order valence-electron chi connectivity index (χ0n) is 10.1. The molecule has 1 heterocycles. The summed E-state index contributed by atoms with van der Waals surface area (Å²) in [7, 11) is 0. The predicted octanol–water partition coefficient (Wildman–Crippen LogP) is 3.47. The first-order chi connectivity index (χ1) is 9.16. The molecule has 1 N–H and O–H groups in total. The van der Waals surface area contributed by atoms with Crippen LogP contribution >= 0.6 is 27.5 Å². The summed E-state index contributed by atoms with van der Waals surface area (Å²) in [5, 5.41) is 3.58. The van der Waals surface area contributed by atoms with E-state index in [-0.39, 0.29) is 5.91 Å². The fourth-order valence-electron chi connectivity index (χ4n) is 1.62. The van der Waals surface area contributed by atoms with Crippen LogP contribution in [0.5, 0.6) is 0 Å². The summed E-state index contributed by atoms with van der Waals surface area (Å²) in [6, 6.07) is 11.1. The minimum atomic E-state index is -0.131. The molecule has 1 amide bonds. The highest BCUT2D eigenvalue weighted by Crippen LogP contribution is 2.12. The molecule has 0 radical (unpaired) electrons. The van der Waals surface area contributed by atoms with Gasteiger partial charge in [0.15, 0.2) is 0 Å². The van der Waals surface area contributed by atoms with Gasteiger partial charge in [-0.15, -0.1) is 0 Å². The Balaban J connectivity index is 1.88. The summed E-state index contributed by atoms with van der Waals surface area (Å²) in [6.45, 7) is 0.571. The van der Waals surface area contributed by atoms with Gasteiger partial charge < -0.3 is 5.32 Å². The lowest BCUT2D eigenvalue weighted by Crippen LogP contribution is -2.26. The Hall–Kier alpha value is -1.39. The fraction of sp³-hybridized carbons (Fsp3) is 0.143. The van der Waals surface area contributed by atoms with Crippen molar-refractivity contribution in [3.8, 4) is 0 Å². The van der Waals surface area contributed by atoms with E-state index in [9.17, 15) is 4.79 Å². The fourth-order valence-corrected chi connectivity index (χ4v) is 2.18. The van der Waals surface area contributed by atoms with Crippen LogP contribution in [0.25, 0.3) is 0 Å². The predicted molar refractivity (Wildman–Crippen MR) is 79.4 cm³/mol. The first kappa shape index (κ1) is 14.0. The SMILES string of the molecule is O=C(NCCc1ccc(Cl)cc1)c1cccnc1Br. The molecule has 0 fully saturated rings. The first-order valence-corrected chi connectivity index (χ1v) is 6.97. The molecule has 0 aliphatic heterocycles. The summed E-state index contributed by atoms with van der Waals surface area (Å²) in [4.78, 5) is 15.9. The second-order valence-corrected chi connectivity index (χ2v) is 5.16. The molecule has 0 bridgehead atoms.